The Morgan fingerprint density at radius 3 is 2.56 bits per heavy atom. The van der Waals surface area contributed by atoms with Gasteiger partial charge in [0.2, 0.25) is 0 Å². The van der Waals surface area contributed by atoms with Crippen molar-refractivity contribution >= 4 is 11.9 Å². The maximum Gasteiger partial charge on any atom is 0.302 e. The van der Waals surface area contributed by atoms with E-state index in [0.717, 1.165) is 31.7 Å². The number of hydrogen-bond acceptors (Lipinski definition) is 5. The average Bonchev–Trinajstić information content (AvgIpc) is 2.87. The van der Waals surface area contributed by atoms with Gasteiger partial charge < -0.3 is 19.3 Å². The second-order valence-corrected chi connectivity index (χ2v) is 11.0. The summed E-state index contributed by atoms with van der Waals surface area (Å²) < 4.78 is 11.6. The maximum absolute atomic E-state index is 13.9. The Balaban J connectivity index is 1.80. The molecule has 4 rings (SSSR count). The molecule has 2 aliphatic rings. The van der Waals surface area contributed by atoms with Gasteiger partial charge in [-0.2, -0.15) is 0 Å². The van der Waals surface area contributed by atoms with Gasteiger partial charge in [0.15, 0.2) is 0 Å². The van der Waals surface area contributed by atoms with E-state index in [4.69, 9.17) is 9.47 Å². The molecular weight excluding hydrogens is 452 g/mol. The lowest BCUT2D eigenvalue weighted by atomic mass is 9.56. The number of carbonyl (C=O) groups excluding carboxylic acids is 2. The van der Waals surface area contributed by atoms with Crippen LogP contribution in [0.25, 0.3) is 0 Å². The van der Waals surface area contributed by atoms with Gasteiger partial charge in [-0.15, -0.1) is 0 Å². The van der Waals surface area contributed by atoms with Crippen molar-refractivity contribution in [2.45, 2.75) is 57.6 Å². The number of likely N-dealkylation sites (tertiary alicyclic amines) is 1. The Hall–Kier alpha value is -2.86. The highest BCUT2D eigenvalue weighted by Crippen LogP contribution is 2.51. The number of ether oxygens (including phenoxy) is 2. The second-order valence-electron chi connectivity index (χ2n) is 11.0. The first-order valence-corrected chi connectivity index (χ1v) is 13.1. The molecule has 0 N–H and O–H groups in total. The van der Waals surface area contributed by atoms with Gasteiger partial charge in [0.1, 0.15) is 11.9 Å². The summed E-state index contributed by atoms with van der Waals surface area (Å²) in [5.41, 5.74) is 1.68. The smallest absolute Gasteiger partial charge is 0.302 e. The van der Waals surface area contributed by atoms with Crippen LogP contribution in [-0.4, -0.2) is 67.6 Å². The van der Waals surface area contributed by atoms with Crippen molar-refractivity contribution in [3.63, 3.8) is 0 Å². The first kappa shape index (κ1) is 26.2. The zero-order valence-corrected chi connectivity index (χ0v) is 22.3. The minimum Gasteiger partial charge on any atom is -0.497 e. The molecule has 2 fully saturated rings. The van der Waals surface area contributed by atoms with Crippen LogP contribution in [0.5, 0.6) is 5.75 Å². The van der Waals surface area contributed by atoms with Gasteiger partial charge in [0.05, 0.1) is 7.11 Å². The fourth-order valence-electron chi connectivity index (χ4n) is 6.37. The number of piperidine rings is 1. The molecule has 1 amide bonds. The molecule has 2 aromatic rings. The molecule has 2 aromatic carbocycles. The number of methoxy groups -OCH3 is 1. The van der Waals surface area contributed by atoms with Crippen LogP contribution in [0.3, 0.4) is 0 Å². The normalized spacial score (nSPS) is 26.2. The van der Waals surface area contributed by atoms with Crippen LogP contribution in [0.1, 0.15) is 56.0 Å². The number of esters is 1. The molecule has 0 radical (unpaired) electrons. The van der Waals surface area contributed by atoms with Gasteiger partial charge in [-0.1, -0.05) is 44.2 Å². The average molecular weight is 493 g/mol. The highest BCUT2D eigenvalue weighted by Gasteiger charge is 2.54. The molecule has 1 saturated carbocycles. The number of rotatable bonds is 7. The summed E-state index contributed by atoms with van der Waals surface area (Å²) in [5.74, 6) is 1.05. The number of benzene rings is 2. The van der Waals surface area contributed by atoms with Gasteiger partial charge in [0.25, 0.3) is 5.91 Å². The topological polar surface area (TPSA) is 59.1 Å². The van der Waals surface area contributed by atoms with E-state index in [-0.39, 0.29) is 35.4 Å². The van der Waals surface area contributed by atoms with E-state index >= 15 is 0 Å². The molecule has 6 nitrogen and oxygen atoms in total. The van der Waals surface area contributed by atoms with Gasteiger partial charge in [0, 0.05) is 49.4 Å². The van der Waals surface area contributed by atoms with Crippen LogP contribution in [0.15, 0.2) is 54.6 Å². The molecule has 0 bridgehead atoms. The molecule has 1 aliphatic carbocycles. The van der Waals surface area contributed by atoms with Crippen LogP contribution in [0.2, 0.25) is 0 Å². The standard InChI is InChI=1S/C30H40N2O4/c1-21(2)19-32(29(34)23-10-7-6-8-11-23)25-17-28(36-22(3)33)27-20-31(4)15-14-30(27,18-25)24-12-9-13-26(16-24)35-5/h6-13,16,21,25,27-28H,14-15,17-20H2,1-5H3/t25-,27-,28?,30-/m0/s1. The van der Waals surface area contributed by atoms with Crippen molar-refractivity contribution in [1.82, 2.24) is 9.80 Å². The van der Waals surface area contributed by atoms with Gasteiger partial charge in [-0.3, -0.25) is 9.59 Å². The van der Waals surface area contributed by atoms with Crippen molar-refractivity contribution in [2.75, 3.05) is 33.8 Å². The van der Waals surface area contributed by atoms with E-state index in [1.54, 1.807) is 7.11 Å². The lowest BCUT2D eigenvalue weighted by Gasteiger charge is -2.56. The number of amides is 1. The highest BCUT2D eigenvalue weighted by molar-refractivity contribution is 5.94. The van der Waals surface area contributed by atoms with Crippen molar-refractivity contribution in [3.8, 4) is 5.75 Å². The monoisotopic (exact) mass is 492 g/mol. The number of carbonyl (C=O) groups is 2. The fourth-order valence-corrected chi connectivity index (χ4v) is 6.37. The Morgan fingerprint density at radius 1 is 1.14 bits per heavy atom. The Morgan fingerprint density at radius 2 is 1.89 bits per heavy atom. The van der Waals surface area contributed by atoms with Crippen LogP contribution < -0.4 is 4.74 Å². The lowest BCUT2D eigenvalue weighted by molar-refractivity contribution is -0.158. The maximum atomic E-state index is 13.9. The van der Waals surface area contributed by atoms with E-state index in [2.05, 4.69) is 37.9 Å². The molecule has 1 aliphatic heterocycles. The SMILES string of the molecule is COc1cccc([C@@]23CCN(C)C[C@H]2C(OC(C)=O)C[C@H](N(CC(C)C)C(=O)c2ccccc2)C3)c1. The number of fused-ring (bicyclic) bond motifs is 1. The molecule has 36 heavy (non-hydrogen) atoms. The summed E-state index contributed by atoms with van der Waals surface area (Å²) in [6.07, 6.45) is 2.15. The fraction of sp³-hybridized carbons (Fsp3) is 0.533. The van der Waals surface area contributed by atoms with Gasteiger partial charge in [-0.05, 0) is 62.2 Å². The molecule has 194 valence electrons. The Labute approximate surface area is 215 Å². The summed E-state index contributed by atoms with van der Waals surface area (Å²) in [6, 6.07) is 17.8. The largest absolute Gasteiger partial charge is 0.497 e. The van der Waals surface area contributed by atoms with E-state index in [0.29, 0.717) is 24.4 Å². The zero-order valence-electron chi connectivity index (χ0n) is 22.3. The summed E-state index contributed by atoms with van der Waals surface area (Å²) >= 11 is 0. The quantitative estimate of drug-likeness (QED) is 0.521. The lowest BCUT2D eigenvalue weighted by Crippen LogP contribution is -2.62. The van der Waals surface area contributed by atoms with Crippen molar-refractivity contribution in [1.29, 1.82) is 0 Å². The molecule has 4 atom stereocenters. The molecule has 1 unspecified atom stereocenters. The Bertz CT molecular complexity index is 1060. The van der Waals surface area contributed by atoms with Crippen LogP contribution in [0.4, 0.5) is 0 Å². The van der Waals surface area contributed by atoms with Crippen LogP contribution in [0, 0.1) is 11.8 Å². The zero-order chi connectivity index (χ0) is 25.9. The van der Waals surface area contributed by atoms with Crippen molar-refractivity contribution in [3.05, 3.63) is 65.7 Å². The number of hydrogen-bond donors (Lipinski definition) is 0. The van der Waals surface area contributed by atoms with E-state index in [9.17, 15) is 9.59 Å². The summed E-state index contributed by atoms with van der Waals surface area (Å²) in [5, 5.41) is 0. The molecule has 1 saturated heterocycles. The van der Waals surface area contributed by atoms with Gasteiger partial charge in [-0.25, -0.2) is 0 Å². The van der Waals surface area contributed by atoms with E-state index in [1.165, 1.54) is 12.5 Å². The minimum atomic E-state index is -0.270. The summed E-state index contributed by atoms with van der Waals surface area (Å²) in [7, 11) is 3.83. The molecule has 1 heterocycles. The predicted octanol–water partition coefficient (Wildman–Crippen LogP) is 4.78. The Kier molecular flexibility index (Phi) is 8.04. The van der Waals surface area contributed by atoms with Crippen molar-refractivity contribution < 1.29 is 19.1 Å². The van der Waals surface area contributed by atoms with Gasteiger partial charge >= 0.3 is 5.97 Å². The minimum absolute atomic E-state index is 0.0445. The molecule has 0 spiro atoms. The van der Waals surface area contributed by atoms with E-state index in [1.807, 2.05) is 47.4 Å². The molecular formula is C30H40N2O4. The number of nitrogens with zero attached hydrogens (tertiary/aromatic N) is 2. The molecule has 0 aromatic heterocycles. The summed E-state index contributed by atoms with van der Waals surface area (Å²) in [4.78, 5) is 30.5. The van der Waals surface area contributed by atoms with Crippen molar-refractivity contribution in [2.24, 2.45) is 11.8 Å². The molecule has 6 heteroatoms. The summed E-state index contributed by atoms with van der Waals surface area (Å²) in [6.45, 7) is 8.23. The van der Waals surface area contributed by atoms with Crippen LogP contribution in [-0.2, 0) is 14.9 Å². The third-order valence-corrected chi connectivity index (χ3v) is 7.96. The predicted molar refractivity (Wildman–Crippen MR) is 141 cm³/mol. The first-order chi connectivity index (χ1) is 17.2. The third kappa shape index (κ3) is 5.44. The van der Waals surface area contributed by atoms with Crippen LogP contribution >= 0.6 is 0 Å². The second kappa shape index (κ2) is 11.0. The first-order valence-electron chi connectivity index (χ1n) is 13.1. The van der Waals surface area contributed by atoms with E-state index < -0.39 is 0 Å². The highest BCUT2D eigenvalue weighted by atomic mass is 16.5. The third-order valence-electron chi connectivity index (χ3n) is 7.96.